The van der Waals surface area contributed by atoms with E-state index in [-0.39, 0.29) is 5.91 Å². The van der Waals surface area contributed by atoms with Crippen molar-refractivity contribution in [3.8, 4) is 0 Å². The average molecular weight is 432 g/mol. The second-order valence-electron chi connectivity index (χ2n) is 7.13. The van der Waals surface area contributed by atoms with Crippen LogP contribution in [0.15, 0.2) is 83.8 Å². The molecule has 5 heteroatoms. The molecule has 0 fully saturated rings. The van der Waals surface area contributed by atoms with Crippen molar-refractivity contribution in [2.24, 2.45) is 0 Å². The Labute approximate surface area is 187 Å². The third-order valence-electron chi connectivity index (χ3n) is 4.73. The lowest BCUT2D eigenvalue weighted by Gasteiger charge is -2.11. The first kappa shape index (κ1) is 22.4. The van der Waals surface area contributed by atoms with Crippen molar-refractivity contribution in [2.75, 3.05) is 12.4 Å². The largest absolute Gasteiger partial charge is 0.465 e. The molecule has 0 heterocycles. The van der Waals surface area contributed by atoms with Gasteiger partial charge in [0, 0.05) is 16.7 Å². The molecule has 1 N–H and O–H groups in total. The number of hydrogen-bond donors (Lipinski definition) is 1. The molecule has 0 aliphatic carbocycles. The summed E-state index contributed by atoms with van der Waals surface area (Å²) < 4.78 is 4.79. The standard InChI is InChI=1S/C26H25NO3S/c1-18-9-8-10-20(15-18)17-31-24-14-7-5-11-21(24)19(2)16-25(28)27-23-13-6-4-12-22(23)26(29)30-3/h4-16H,17H2,1-3H3,(H,27,28). The van der Waals surface area contributed by atoms with E-state index in [2.05, 4.69) is 42.6 Å². The van der Waals surface area contributed by atoms with Crippen molar-refractivity contribution >= 4 is 34.9 Å². The molecule has 158 valence electrons. The number of rotatable bonds is 7. The number of hydrogen-bond acceptors (Lipinski definition) is 4. The Kier molecular flexibility index (Phi) is 7.68. The molecule has 0 atom stereocenters. The lowest BCUT2D eigenvalue weighted by atomic mass is 10.1. The summed E-state index contributed by atoms with van der Waals surface area (Å²) >= 11 is 1.74. The molecule has 3 rings (SSSR count). The molecule has 0 unspecified atom stereocenters. The summed E-state index contributed by atoms with van der Waals surface area (Å²) in [7, 11) is 1.32. The van der Waals surface area contributed by atoms with Crippen molar-refractivity contribution < 1.29 is 14.3 Å². The van der Waals surface area contributed by atoms with Gasteiger partial charge in [-0.2, -0.15) is 0 Å². The van der Waals surface area contributed by atoms with Crippen molar-refractivity contribution in [3.63, 3.8) is 0 Å². The minimum atomic E-state index is -0.491. The van der Waals surface area contributed by atoms with E-state index in [9.17, 15) is 9.59 Å². The van der Waals surface area contributed by atoms with Crippen LogP contribution in [0.2, 0.25) is 0 Å². The molecule has 4 nitrogen and oxygen atoms in total. The Morgan fingerprint density at radius 3 is 2.42 bits per heavy atom. The van der Waals surface area contributed by atoms with Gasteiger partial charge >= 0.3 is 5.97 Å². The van der Waals surface area contributed by atoms with Crippen LogP contribution in [0.4, 0.5) is 5.69 Å². The van der Waals surface area contributed by atoms with Crippen LogP contribution in [0, 0.1) is 6.92 Å². The Morgan fingerprint density at radius 2 is 1.68 bits per heavy atom. The summed E-state index contributed by atoms with van der Waals surface area (Å²) in [4.78, 5) is 25.7. The fraction of sp³-hybridized carbons (Fsp3) is 0.154. The molecular weight excluding hydrogens is 406 g/mol. The highest BCUT2D eigenvalue weighted by atomic mass is 32.2. The van der Waals surface area contributed by atoms with Gasteiger partial charge in [-0.05, 0) is 48.7 Å². The van der Waals surface area contributed by atoms with Crippen LogP contribution in [0.1, 0.15) is 34.0 Å². The summed E-state index contributed by atoms with van der Waals surface area (Å²) in [6.07, 6.45) is 1.56. The van der Waals surface area contributed by atoms with E-state index in [1.165, 1.54) is 18.2 Å². The molecule has 3 aromatic rings. The van der Waals surface area contributed by atoms with Gasteiger partial charge in [-0.1, -0.05) is 60.2 Å². The Balaban J connectivity index is 1.76. The normalized spacial score (nSPS) is 11.1. The quantitative estimate of drug-likeness (QED) is 0.278. The third-order valence-corrected chi connectivity index (χ3v) is 5.87. The number of nitrogens with one attached hydrogen (secondary N) is 1. The summed E-state index contributed by atoms with van der Waals surface area (Å²) in [5, 5.41) is 2.79. The van der Waals surface area contributed by atoms with Gasteiger partial charge in [-0.15, -0.1) is 11.8 Å². The van der Waals surface area contributed by atoms with E-state index in [0.29, 0.717) is 11.3 Å². The molecule has 0 saturated heterocycles. The second-order valence-corrected chi connectivity index (χ2v) is 8.14. The molecule has 1 amide bonds. The number of allylic oxidation sites excluding steroid dienone is 1. The number of amides is 1. The van der Waals surface area contributed by atoms with Crippen molar-refractivity contribution in [1.82, 2.24) is 0 Å². The van der Waals surface area contributed by atoms with E-state index in [4.69, 9.17) is 4.74 Å². The molecule has 0 spiro atoms. The van der Waals surface area contributed by atoms with Gasteiger partial charge in [0.05, 0.1) is 18.4 Å². The van der Waals surface area contributed by atoms with E-state index in [0.717, 1.165) is 21.8 Å². The predicted molar refractivity (Wildman–Crippen MR) is 127 cm³/mol. The van der Waals surface area contributed by atoms with Gasteiger partial charge in [-0.3, -0.25) is 4.79 Å². The van der Waals surface area contributed by atoms with Gasteiger partial charge < -0.3 is 10.1 Å². The number of carbonyl (C=O) groups excluding carboxylic acids is 2. The smallest absolute Gasteiger partial charge is 0.339 e. The predicted octanol–water partition coefficient (Wildman–Crippen LogP) is 6.12. The molecule has 3 aromatic carbocycles. The van der Waals surface area contributed by atoms with Crippen LogP contribution in [0.25, 0.3) is 5.57 Å². The summed E-state index contributed by atoms with van der Waals surface area (Å²) in [5.74, 6) is 0.0619. The number of para-hydroxylation sites is 1. The monoisotopic (exact) mass is 431 g/mol. The highest BCUT2D eigenvalue weighted by molar-refractivity contribution is 7.98. The van der Waals surface area contributed by atoms with E-state index >= 15 is 0 Å². The second kappa shape index (κ2) is 10.6. The number of methoxy groups -OCH3 is 1. The van der Waals surface area contributed by atoms with E-state index in [1.54, 1.807) is 42.1 Å². The molecule has 31 heavy (non-hydrogen) atoms. The molecule has 0 aliphatic rings. The zero-order valence-corrected chi connectivity index (χ0v) is 18.7. The fourth-order valence-electron chi connectivity index (χ4n) is 3.20. The topological polar surface area (TPSA) is 55.4 Å². The molecule has 0 bridgehead atoms. The van der Waals surface area contributed by atoms with Gasteiger partial charge in [-0.25, -0.2) is 4.79 Å². The first-order valence-electron chi connectivity index (χ1n) is 9.92. The zero-order valence-electron chi connectivity index (χ0n) is 17.8. The lowest BCUT2D eigenvalue weighted by Crippen LogP contribution is -2.13. The number of aryl methyl sites for hydroxylation is 1. The molecule has 0 aliphatic heterocycles. The number of anilines is 1. The minimum Gasteiger partial charge on any atom is -0.465 e. The maximum absolute atomic E-state index is 12.6. The summed E-state index contributed by atoms with van der Waals surface area (Å²) in [6.45, 7) is 4.00. The molecular formula is C26H25NO3S. The molecule has 0 saturated carbocycles. The maximum Gasteiger partial charge on any atom is 0.339 e. The number of benzene rings is 3. The van der Waals surface area contributed by atoms with E-state index < -0.39 is 5.97 Å². The van der Waals surface area contributed by atoms with Crippen LogP contribution in [0.3, 0.4) is 0 Å². The summed E-state index contributed by atoms with van der Waals surface area (Å²) in [5.41, 5.74) is 5.10. The summed E-state index contributed by atoms with van der Waals surface area (Å²) in [6, 6.07) is 23.3. The Bertz CT molecular complexity index is 1120. The van der Waals surface area contributed by atoms with Gasteiger partial charge in [0.25, 0.3) is 0 Å². The van der Waals surface area contributed by atoms with Crippen molar-refractivity contribution in [2.45, 2.75) is 24.5 Å². The zero-order chi connectivity index (χ0) is 22.2. The average Bonchev–Trinajstić information content (AvgIpc) is 2.77. The fourth-order valence-corrected chi connectivity index (χ4v) is 4.27. The van der Waals surface area contributed by atoms with Crippen LogP contribution >= 0.6 is 11.8 Å². The minimum absolute atomic E-state index is 0.299. The van der Waals surface area contributed by atoms with Crippen LogP contribution < -0.4 is 5.32 Å². The highest BCUT2D eigenvalue weighted by Gasteiger charge is 2.13. The SMILES string of the molecule is COC(=O)c1ccccc1NC(=O)C=C(C)c1ccccc1SCc1cccc(C)c1. The van der Waals surface area contributed by atoms with Gasteiger partial charge in [0.15, 0.2) is 0 Å². The van der Waals surface area contributed by atoms with E-state index in [1.807, 2.05) is 25.1 Å². The number of carbonyl (C=O) groups is 2. The third kappa shape index (κ3) is 6.09. The first-order chi connectivity index (χ1) is 15.0. The van der Waals surface area contributed by atoms with Gasteiger partial charge in [0.2, 0.25) is 5.91 Å². The molecule has 0 radical (unpaired) electrons. The number of esters is 1. The van der Waals surface area contributed by atoms with Gasteiger partial charge in [0.1, 0.15) is 0 Å². The van der Waals surface area contributed by atoms with Crippen LogP contribution in [-0.4, -0.2) is 19.0 Å². The number of ether oxygens (including phenoxy) is 1. The Morgan fingerprint density at radius 1 is 0.968 bits per heavy atom. The first-order valence-corrected chi connectivity index (χ1v) is 10.9. The number of thioether (sulfide) groups is 1. The highest BCUT2D eigenvalue weighted by Crippen LogP contribution is 2.30. The van der Waals surface area contributed by atoms with Crippen LogP contribution in [-0.2, 0) is 15.3 Å². The van der Waals surface area contributed by atoms with Crippen molar-refractivity contribution in [1.29, 1.82) is 0 Å². The lowest BCUT2D eigenvalue weighted by molar-refractivity contribution is -0.111. The van der Waals surface area contributed by atoms with Crippen LogP contribution in [0.5, 0.6) is 0 Å². The Hall–Kier alpha value is -3.31. The van der Waals surface area contributed by atoms with Crippen molar-refractivity contribution in [3.05, 3.63) is 101 Å². The maximum atomic E-state index is 12.6. The molecule has 0 aromatic heterocycles.